The van der Waals surface area contributed by atoms with E-state index in [2.05, 4.69) is 10.1 Å². The van der Waals surface area contributed by atoms with Crippen molar-refractivity contribution in [3.05, 3.63) is 71.4 Å². The van der Waals surface area contributed by atoms with Crippen LogP contribution < -0.4 is 4.31 Å². The smallest absolute Gasteiger partial charge is 0.264 e. The number of aryl methyl sites for hydroxylation is 3. The number of carbonyl (C=O) groups is 1. The molecule has 1 aliphatic rings. The van der Waals surface area contributed by atoms with Gasteiger partial charge in [0.25, 0.3) is 10.0 Å². The van der Waals surface area contributed by atoms with Gasteiger partial charge in [-0.3, -0.25) is 9.10 Å². The summed E-state index contributed by atoms with van der Waals surface area (Å²) in [5.41, 5.74) is 2.56. The van der Waals surface area contributed by atoms with Gasteiger partial charge in [0.05, 0.1) is 10.6 Å². The predicted molar refractivity (Wildman–Crippen MR) is 129 cm³/mol. The highest BCUT2D eigenvalue weighted by Gasteiger charge is 2.29. The van der Waals surface area contributed by atoms with E-state index in [9.17, 15) is 13.2 Å². The third-order valence-electron chi connectivity index (χ3n) is 6.20. The summed E-state index contributed by atoms with van der Waals surface area (Å²) in [6, 6.07) is 14.1. The van der Waals surface area contributed by atoms with Gasteiger partial charge in [-0.05, 0) is 57.9 Å². The molecule has 3 aromatic rings. The maximum absolute atomic E-state index is 13.5. The number of amides is 1. The minimum absolute atomic E-state index is 0.0589. The van der Waals surface area contributed by atoms with E-state index in [-0.39, 0.29) is 29.7 Å². The molecule has 0 saturated carbocycles. The van der Waals surface area contributed by atoms with Gasteiger partial charge in [-0.1, -0.05) is 40.5 Å². The molecule has 34 heavy (non-hydrogen) atoms. The molecule has 1 amide bonds. The van der Waals surface area contributed by atoms with E-state index >= 15 is 0 Å². The minimum atomic E-state index is -3.82. The monoisotopic (exact) mass is 482 g/mol. The summed E-state index contributed by atoms with van der Waals surface area (Å²) in [5, 5.41) is 3.85. The van der Waals surface area contributed by atoms with E-state index in [0.717, 1.165) is 24.0 Å². The van der Waals surface area contributed by atoms with Gasteiger partial charge in [-0.15, -0.1) is 0 Å². The lowest BCUT2D eigenvalue weighted by molar-refractivity contribution is -0.132. The van der Waals surface area contributed by atoms with E-state index in [1.165, 1.54) is 4.31 Å². The number of hydrogen-bond donors (Lipinski definition) is 0. The summed E-state index contributed by atoms with van der Waals surface area (Å²) in [6.45, 7) is 6.89. The quantitative estimate of drug-likeness (QED) is 0.505. The largest absolute Gasteiger partial charge is 0.343 e. The first-order chi connectivity index (χ1) is 16.2. The first kappa shape index (κ1) is 23.9. The standard InChI is InChI=1S/C25H30N4O4S/c1-18-4-8-22(9-5-18)29(34(31,32)23-10-6-19(2)7-11-23)17-14-24(30)28-15-12-21(13-16-28)25-26-20(3)27-33-25/h4-11,21H,12-17H2,1-3H3. The highest BCUT2D eigenvalue weighted by atomic mass is 32.2. The van der Waals surface area contributed by atoms with Gasteiger partial charge in [0.15, 0.2) is 5.82 Å². The molecule has 0 radical (unpaired) electrons. The molecule has 0 unspecified atom stereocenters. The first-order valence-electron chi connectivity index (χ1n) is 11.5. The Morgan fingerprint density at radius 1 is 1.00 bits per heavy atom. The lowest BCUT2D eigenvalue weighted by atomic mass is 9.96. The van der Waals surface area contributed by atoms with E-state index in [1.54, 1.807) is 48.2 Å². The number of benzene rings is 2. The Hall–Kier alpha value is -3.20. The highest BCUT2D eigenvalue weighted by Crippen LogP contribution is 2.28. The zero-order valence-electron chi connectivity index (χ0n) is 19.8. The van der Waals surface area contributed by atoms with Crippen LogP contribution in [0.2, 0.25) is 0 Å². The summed E-state index contributed by atoms with van der Waals surface area (Å²) in [5.74, 6) is 1.33. The first-order valence-corrected chi connectivity index (χ1v) is 12.9. The van der Waals surface area contributed by atoms with Crippen molar-refractivity contribution in [2.75, 3.05) is 23.9 Å². The normalized spacial score (nSPS) is 14.9. The van der Waals surface area contributed by atoms with E-state index in [1.807, 2.05) is 26.0 Å². The Morgan fingerprint density at radius 2 is 1.59 bits per heavy atom. The Labute approximate surface area is 200 Å². The molecule has 1 fully saturated rings. The summed E-state index contributed by atoms with van der Waals surface area (Å²) in [7, 11) is -3.82. The fourth-order valence-corrected chi connectivity index (χ4v) is 5.61. The number of likely N-dealkylation sites (tertiary alicyclic amines) is 1. The van der Waals surface area contributed by atoms with Gasteiger partial charge < -0.3 is 9.42 Å². The van der Waals surface area contributed by atoms with Crippen LogP contribution in [-0.4, -0.2) is 49.0 Å². The van der Waals surface area contributed by atoms with Crippen molar-refractivity contribution < 1.29 is 17.7 Å². The maximum atomic E-state index is 13.5. The molecule has 2 aromatic carbocycles. The third-order valence-corrected chi connectivity index (χ3v) is 8.04. The lowest BCUT2D eigenvalue weighted by Gasteiger charge is -2.31. The summed E-state index contributed by atoms with van der Waals surface area (Å²) >= 11 is 0. The average Bonchev–Trinajstić information content (AvgIpc) is 3.27. The second-order valence-electron chi connectivity index (χ2n) is 8.81. The maximum Gasteiger partial charge on any atom is 0.264 e. The van der Waals surface area contributed by atoms with Crippen molar-refractivity contribution in [3.63, 3.8) is 0 Å². The van der Waals surface area contributed by atoms with E-state index in [4.69, 9.17) is 4.52 Å². The Bertz CT molecular complexity index is 1230. The summed E-state index contributed by atoms with van der Waals surface area (Å²) < 4.78 is 33.6. The van der Waals surface area contributed by atoms with Crippen LogP contribution in [0, 0.1) is 20.8 Å². The van der Waals surface area contributed by atoms with Crippen LogP contribution >= 0.6 is 0 Å². The molecule has 0 atom stereocenters. The van der Waals surface area contributed by atoms with Gasteiger partial charge in [0.1, 0.15) is 0 Å². The molecule has 1 saturated heterocycles. The van der Waals surface area contributed by atoms with Gasteiger partial charge in [0.2, 0.25) is 11.8 Å². The van der Waals surface area contributed by atoms with Gasteiger partial charge >= 0.3 is 0 Å². The lowest BCUT2D eigenvalue weighted by Crippen LogP contribution is -2.40. The van der Waals surface area contributed by atoms with Crippen molar-refractivity contribution in [2.24, 2.45) is 0 Å². The van der Waals surface area contributed by atoms with Crippen LogP contribution in [0.3, 0.4) is 0 Å². The minimum Gasteiger partial charge on any atom is -0.343 e. The van der Waals surface area contributed by atoms with Crippen molar-refractivity contribution in [3.8, 4) is 0 Å². The predicted octanol–water partition coefficient (Wildman–Crippen LogP) is 3.99. The number of piperidine rings is 1. The Balaban J connectivity index is 1.46. The fourth-order valence-electron chi connectivity index (χ4n) is 4.15. The molecule has 0 N–H and O–H groups in total. The summed E-state index contributed by atoms with van der Waals surface area (Å²) in [6.07, 6.45) is 1.59. The molecule has 2 heterocycles. The topological polar surface area (TPSA) is 96.6 Å². The zero-order valence-corrected chi connectivity index (χ0v) is 20.6. The molecule has 0 spiro atoms. The summed E-state index contributed by atoms with van der Waals surface area (Å²) in [4.78, 5) is 19.3. The molecule has 1 aliphatic heterocycles. The number of rotatable bonds is 7. The van der Waals surface area contributed by atoms with Gasteiger partial charge in [-0.2, -0.15) is 4.98 Å². The molecule has 1 aromatic heterocycles. The van der Waals surface area contributed by atoms with Crippen molar-refractivity contribution in [1.82, 2.24) is 15.0 Å². The molecule has 8 nitrogen and oxygen atoms in total. The number of aromatic nitrogens is 2. The van der Waals surface area contributed by atoms with Crippen LogP contribution in [-0.2, 0) is 14.8 Å². The highest BCUT2D eigenvalue weighted by molar-refractivity contribution is 7.92. The third kappa shape index (κ3) is 5.30. The van der Waals surface area contributed by atoms with Crippen LogP contribution in [0.25, 0.3) is 0 Å². The number of hydrogen-bond acceptors (Lipinski definition) is 6. The number of sulfonamides is 1. The molecule has 0 aliphatic carbocycles. The molecule has 9 heteroatoms. The Morgan fingerprint density at radius 3 is 2.15 bits per heavy atom. The van der Waals surface area contributed by atoms with Crippen LogP contribution in [0.1, 0.15) is 48.0 Å². The van der Waals surface area contributed by atoms with Crippen LogP contribution in [0.15, 0.2) is 57.9 Å². The zero-order chi connectivity index (χ0) is 24.3. The van der Waals surface area contributed by atoms with Gasteiger partial charge in [-0.25, -0.2) is 8.42 Å². The molecule has 4 rings (SSSR count). The van der Waals surface area contributed by atoms with Gasteiger partial charge in [0, 0.05) is 32.0 Å². The second kappa shape index (κ2) is 9.97. The average molecular weight is 483 g/mol. The van der Waals surface area contributed by atoms with Crippen molar-refractivity contribution in [1.29, 1.82) is 0 Å². The fraction of sp³-hybridized carbons (Fsp3) is 0.400. The van der Waals surface area contributed by atoms with E-state index in [0.29, 0.717) is 30.5 Å². The number of nitrogens with zero attached hydrogens (tertiary/aromatic N) is 4. The van der Waals surface area contributed by atoms with E-state index < -0.39 is 10.0 Å². The van der Waals surface area contributed by atoms with Crippen molar-refractivity contribution in [2.45, 2.75) is 50.8 Å². The van der Waals surface area contributed by atoms with Crippen LogP contribution in [0.4, 0.5) is 5.69 Å². The Kier molecular flexibility index (Phi) is 7.02. The SMILES string of the molecule is Cc1ccc(N(CCC(=O)N2CCC(c3nc(C)no3)CC2)S(=O)(=O)c2ccc(C)cc2)cc1. The second-order valence-corrected chi connectivity index (χ2v) is 10.7. The number of anilines is 1. The van der Waals surface area contributed by atoms with Crippen molar-refractivity contribution >= 4 is 21.6 Å². The number of carbonyl (C=O) groups excluding carboxylic acids is 1. The molecular formula is C25H30N4O4S. The van der Waals surface area contributed by atoms with Crippen LogP contribution in [0.5, 0.6) is 0 Å². The molecule has 0 bridgehead atoms. The molecular weight excluding hydrogens is 452 g/mol. The molecule has 180 valence electrons.